The largest absolute Gasteiger partial charge is 0.504 e. The number of nitrogens with two attached hydrogens (primary N) is 2. The molecule has 7 heteroatoms. The molecule has 0 aliphatic rings. The van der Waals surface area contributed by atoms with Gasteiger partial charge in [-0.1, -0.05) is 20.3 Å². The number of ether oxygens (including phenoxy) is 2. The molecule has 0 atom stereocenters. The van der Waals surface area contributed by atoms with Crippen LogP contribution < -0.4 is 20.9 Å². The third kappa shape index (κ3) is 4.31. The number of aromatic nitrogens is 1. The number of fused-ring (bicyclic) bond motifs is 1. The lowest BCUT2D eigenvalue weighted by molar-refractivity contribution is 0.373. The van der Waals surface area contributed by atoms with E-state index in [1.54, 1.807) is 12.1 Å². The van der Waals surface area contributed by atoms with Crippen LogP contribution in [0.4, 0.5) is 10.1 Å². The van der Waals surface area contributed by atoms with Crippen molar-refractivity contribution < 1.29 is 19.0 Å². The standard InChI is InChI=1S/C18H18FN3O3.C3H8/c1-9-5-11-13(22-9)3-4-15(18(11)19)25-17(8-20)10-6-16(24-2)14(23)7-12(10)21;1-3-2/h3-8,22-23H,20-21H2,1-2H3;3H2,1-2H3/b17-8+;. The van der Waals surface area contributed by atoms with E-state index in [4.69, 9.17) is 20.9 Å². The molecule has 0 saturated carbocycles. The zero-order valence-electron chi connectivity index (χ0n) is 16.5. The minimum absolute atomic E-state index is 0.00893. The third-order valence-electron chi connectivity index (χ3n) is 3.82. The summed E-state index contributed by atoms with van der Waals surface area (Å²) >= 11 is 0. The van der Waals surface area contributed by atoms with Crippen molar-refractivity contribution in [3.63, 3.8) is 0 Å². The summed E-state index contributed by atoms with van der Waals surface area (Å²) in [7, 11) is 1.41. The molecular formula is C21H26FN3O3. The zero-order valence-corrected chi connectivity index (χ0v) is 16.5. The van der Waals surface area contributed by atoms with E-state index in [-0.39, 0.29) is 28.7 Å². The summed E-state index contributed by atoms with van der Waals surface area (Å²) in [5, 5.41) is 10.2. The van der Waals surface area contributed by atoms with Gasteiger partial charge in [-0.25, -0.2) is 4.39 Å². The van der Waals surface area contributed by atoms with Crippen molar-refractivity contribution in [3.05, 3.63) is 53.6 Å². The summed E-state index contributed by atoms with van der Waals surface area (Å²) in [6.45, 7) is 6.09. The van der Waals surface area contributed by atoms with Crippen LogP contribution in [0.1, 0.15) is 31.5 Å². The average Bonchev–Trinajstić information content (AvgIpc) is 3.04. The molecular weight excluding hydrogens is 361 g/mol. The number of hydrogen-bond acceptors (Lipinski definition) is 5. The second-order valence-electron chi connectivity index (χ2n) is 6.24. The Hall–Kier alpha value is -3.35. The van der Waals surface area contributed by atoms with Crippen molar-refractivity contribution >= 4 is 22.3 Å². The molecule has 3 rings (SSSR count). The van der Waals surface area contributed by atoms with Crippen LogP contribution in [-0.2, 0) is 0 Å². The number of halogens is 1. The summed E-state index contributed by atoms with van der Waals surface area (Å²) in [4.78, 5) is 3.06. The maximum Gasteiger partial charge on any atom is 0.175 e. The molecule has 0 unspecified atom stereocenters. The predicted molar refractivity (Wildman–Crippen MR) is 111 cm³/mol. The lowest BCUT2D eigenvalue weighted by Crippen LogP contribution is -2.04. The van der Waals surface area contributed by atoms with Gasteiger partial charge < -0.3 is 31.0 Å². The Labute approximate surface area is 163 Å². The van der Waals surface area contributed by atoms with E-state index in [1.807, 2.05) is 6.92 Å². The number of rotatable bonds is 4. The Bertz CT molecular complexity index is 996. The van der Waals surface area contributed by atoms with E-state index in [0.717, 1.165) is 5.69 Å². The monoisotopic (exact) mass is 387 g/mol. The van der Waals surface area contributed by atoms with Gasteiger partial charge in [0.25, 0.3) is 0 Å². The summed E-state index contributed by atoms with van der Waals surface area (Å²) in [6, 6.07) is 7.71. The number of nitrogens with one attached hydrogen (secondary N) is 1. The van der Waals surface area contributed by atoms with Gasteiger partial charge in [-0.15, -0.1) is 0 Å². The first-order valence-corrected chi connectivity index (χ1v) is 8.90. The molecule has 0 amide bonds. The van der Waals surface area contributed by atoms with E-state index in [9.17, 15) is 9.50 Å². The van der Waals surface area contributed by atoms with Gasteiger partial charge >= 0.3 is 0 Å². The Morgan fingerprint density at radius 3 is 2.50 bits per heavy atom. The van der Waals surface area contributed by atoms with Gasteiger partial charge in [0.05, 0.1) is 7.11 Å². The number of anilines is 1. The third-order valence-corrected chi connectivity index (χ3v) is 3.82. The number of phenolic OH excluding ortho intramolecular Hbond substituents is 1. The van der Waals surface area contributed by atoms with Crippen molar-refractivity contribution in [3.8, 4) is 17.2 Å². The molecule has 0 aliphatic carbocycles. The highest BCUT2D eigenvalue weighted by atomic mass is 19.1. The Morgan fingerprint density at radius 2 is 1.89 bits per heavy atom. The quantitative estimate of drug-likeness (QED) is 0.385. The average molecular weight is 387 g/mol. The summed E-state index contributed by atoms with van der Waals surface area (Å²) in [5.74, 6) is -0.277. The van der Waals surface area contributed by atoms with Gasteiger partial charge in [0.2, 0.25) is 0 Å². The van der Waals surface area contributed by atoms with Crippen LogP contribution in [0.15, 0.2) is 36.5 Å². The van der Waals surface area contributed by atoms with E-state index in [1.165, 1.54) is 37.9 Å². The number of aromatic amines is 1. The van der Waals surface area contributed by atoms with Crippen LogP contribution in [0.3, 0.4) is 0 Å². The maximum absolute atomic E-state index is 14.7. The molecule has 0 spiro atoms. The molecule has 0 fully saturated rings. The van der Waals surface area contributed by atoms with Crippen molar-refractivity contribution in [1.82, 2.24) is 4.98 Å². The molecule has 0 saturated heterocycles. The van der Waals surface area contributed by atoms with Gasteiger partial charge in [0, 0.05) is 40.1 Å². The van der Waals surface area contributed by atoms with Gasteiger partial charge in [0.15, 0.2) is 28.8 Å². The fourth-order valence-corrected chi connectivity index (χ4v) is 2.63. The second-order valence-corrected chi connectivity index (χ2v) is 6.24. The summed E-state index contributed by atoms with van der Waals surface area (Å²) in [6.07, 6.45) is 2.42. The first-order valence-electron chi connectivity index (χ1n) is 8.90. The highest BCUT2D eigenvalue weighted by molar-refractivity contribution is 5.83. The van der Waals surface area contributed by atoms with Crippen molar-refractivity contribution in [1.29, 1.82) is 0 Å². The fraction of sp³-hybridized carbons (Fsp3) is 0.238. The minimum atomic E-state index is -0.509. The Morgan fingerprint density at radius 1 is 1.21 bits per heavy atom. The number of aromatic hydroxyl groups is 1. The molecule has 2 aromatic carbocycles. The van der Waals surface area contributed by atoms with Crippen LogP contribution in [0.25, 0.3) is 16.7 Å². The van der Waals surface area contributed by atoms with Crippen LogP contribution >= 0.6 is 0 Å². The van der Waals surface area contributed by atoms with Gasteiger partial charge in [-0.3, -0.25) is 0 Å². The number of methoxy groups -OCH3 is 1. The predicted octanol–water partition coefficient (Wildman–Crippen LogP) is 4.66. The molecule has 0 bridgehead atoms. The smallest absolute Gasteiger partial charge is 0.175 e. The molecule has 3 aromatic rings. The van der Waals surface area contributed by atoms with E-state index < -0.39 is 5.82 Å². The molecule has 1 aromatic heterocycles. The van der Waals surface area contributed by atoms with Crippen LogP contribution in [-0.4, -0.2) is 17.2 Å². The number of H-pyrrole nitrogens is 1. The van der Waals surface area contributed by atoms with Gasteiger partial charge in [-0.05, 0) is 31.2 Å². The highest BCUT2D eigenvalue weighted by Gasteiger charge is 2.17. The van der Waals surface area contributed by atoms with E-state index >= 15 is 0 Å². The molecule has 150 valence electrons. The second kappa shape index (κ2) is 9.03. The van der Waals surface area contributed by atoms with Gasteiger partial charge in [0.1, 0.15) is 0 Å². The first kappa shape index (κ1) is 21.0. The number of aryl methyl sites for hydroxylation is 1. The van der Waals surface area contributed by atoms with E-state index in [2.05, 4.69) is 18.8 Å². The normalized spacial score (nSPS) is 11.1. The highest BCUT2D eigenvalue weighted by Crippen LogP contribution is 2.36. The van der Waals surface area contributed by atoms with Crippen LogP contribution in [0.2, 0.25) is 0 Å². The molecule has 0 radical (unpaired) electrons. The first-order chi connectivity index (χ1) is 13.4. The SMILES string of the molecule is CCC.COc1cc(/C(=C\N)Oc2ccc3[nH]c(C)cc3c2F)c(N)cc1O. The topological polar surface area (TPSA) is 107 Å². The molecule has 1 heterocycles. The van der Waals surface area contributed by atoms with Crippen molar-refractivity contribution in [2.75, 3.05) is 12.8 Å². The summed E-state index contributed by atoms with van der Waals surface area (Å²) < 4.78 is 25.4. The summed E-state index contributed by atoms with van der Waals surface area (Å²) in [5.41, 5.74) is 13.7. The van der Waals surface area contributed by atoms with E-state index in [0.29, 0.717) is 16.5 Å². The molecule has 6 nitrogen and oxygen atoms in total. The van der Waals surface area contributed by atoms with Gasteiger partial charge in [-0.2, -0.15) is 0 Å². The lowest BCUT2D eigenvalue weighted by Gasteiger charge is -2.14. The Balaban J connectivity index is 0.000000878. The molecule has 6 N–H and O–H groups in total. The minimum Gasteiger partial charge on any atom is -0.504 e. The van der Waals surface area contributed by atoms with Crippen LogP contribution in [0, 0.1) is 12.7 Å². The van der Waals surface area contributed by atoms with Crippen molar-refractivity contribution in [2.45, 2.75) is 27.2 Å². The number of phenols is 1. The maximum atomic E-state index is 14.7. The lowest BCUT2D eigenvalue weighted by atomic mass is 10.1. The number of nitrogen functional groups attached to an aromatic ring is 1. The molecule has 0 aliphatic heterocycles. The number of benzene rings is 2. The molecule has 28 heavy (non-hydrogen) atoms. The van der Waals surface area contributed by atoms with Crippen molar-refractivity contribution in [2.24, 2.45) is 5.73 Å². The number of hydrogen-bond donors (Lipinski definition) is 4. The van der Waals surface area contributed by atoms with Crippen LogP contribution in [0.5, 0.6) is 17.2 Å². The Kier molecular flexibility index (Phi) is 6.76. The zero-order chi connectivity index (χ0) is 20.8. The fourth-order valence-electron chi connectivity index (χ4n) is 2.63.